The number of hydrogen-bond acceptors (Lipinski definition) is 1. The zero-order valence-corrected chi connectivity index (χ0v) is 6.76. The van der Waals surface area contributed by atoms with Crippen LogP contribution in [0.15, 0.2) is 0 Å². The summed E-state index contributed by atoms with van der Waals surface area (Å²) in [6.45, 7) is 4.80. The van der Waals surface area contributed by atoms with Gasteiger partial charge in [0.05, 0.1) is 0 Å². The van der Waals surface area contributed by atoms with E-state index in [9.17, 15) is 4.79 Å². The van der Waals surface area contributed by atoms with Gasteiger partial charge in [0.2, 0.25) is 5.91 Å². The molecular weight excluding hydrogens is 126 g/mol. The van der Waals surface area contributed by atoms with Crippen LogP contribution in [0.3, 0.4) is 0 Å². The summed E-state index contributed by atoms with van der Waals surface area (Å²) < 4.78 is 0. The Labute approximate surface area is 62.2 Å². The highest BCUT2D eigenvalue weighted by Gasteiger charge is 2.28. The second-order valence-electron chi connectivity index (χ2n) is 2.94. The molecule has 0 aromatic carbocycles. The molecule has 2 heteroatoms. The Balaban J connectivity index is 2.28. The molecule has 10 heavy (non-hydrogen) atoms. The first kappa shape index (κ1) is 7.58. The van der Waals surface area contributed by atoms with Crippen molar-refractivity contribution in [2.75, 3.05) is 6.54 Å². The molecule has 0 N–H and O–H groups in total. The molecule has 1 amide bonds. The van der Waals surface area contributed by atoms with Crippen LogP contribution >= 0.6 is 0 Å². The van der Waals surface area contributed by atoms with Crippen LogP contribution in [-0.2, 0) is 4.79 Å². The zero-order chi connectivity index (χ0) is 7.56. The third-order valence-electron chi connectivity index (χ3n) is 2.17. The van der Waals surface area contributed by atoms with Gasteiger partial charge in [0.25, 0.3) is 0 Å². The van der Waals surface area contributed by atoms with Gasteiger partial charge in [-0.05, 0) is 12.8 Å². The maximum atomic E-state index is 10.8. The van der Waals surface area contributed by atoms with Gasteiger partial charge < -0.3 is 4.90 Å². The van der Waals surface area contributed by atoms with Crippen molar-refractivity contribution in [3.8, 4) is 0 Å². The molecule has 1 aliphatic rings. The fourth-order valence-corrected chi connectivity index (χ4v) is 1.49. The Morgan fingerprint density at radius 2 is 2.40 bits per heavy atom. The molecule has 1 fully saturated rings. The van der Waals surface area contributed by atoms with E-state index in [-0.39, 0.29) is 5.91 Å². The first-order valence-electron chi connectivity index (χ1n) is 4.03. The Hall–Kier alpha value is -0.530. The van der Waals surface area contributed by atoms with Gasteiger partial charge in [-0.25, -0.2) is 0 Å². The molecule has 1 heterocycles. The summed E-state index contributed by atoms with van der Waals surface area (Å²) in [4.78, 5) is 12.8. The first-order valence-corrected chi connectivity index (χ1v) is 4.03. The number of carbonyl (C=O) groups excluding carboxylic acids is 1. The van der Waals surface area contributed by atoms with Crippen LogP contribution < -0.4 is 0 Å². The number of likely N-dealkylation sites (tertiary alicyclic amines) is 1. The van der Waals surface area contributed by atoms with Gasteiger partial charge in [-0.1, -0.05) is 13.3 Å². The Morgan fingerprint density at radius 1 is 1.70 bits per heavy atom. The van der Waals surface area contributed by atoms with E-state index in [4.69, 9.17) is 0 Å². The van der Waals surface area contributed by atoms with Gasteiger partial charge in [0.15, 0.2) is 0 Å². The van der Waals surface area contributed by atoms with Gasteiger partial charge in [0.1, 0.15) is 0 Å². The quantitative estimate of drug-likeness (QED) is 0.569. The zero-order valence-electron chi connectivity index (χ0n) is 6.76. The molecule has 0 spiro atoms. The normalized spacial score (nSPS) is 24.2. The highest BCUT2D eigenvalue weighted by Crippen LogP contribution is 2.21. The monoisotopic (exact) mass is 141 g/mol. The van der Waals surface area contributed by atoms with E-state index in [1.54, 1.807) is 6.92 Å². The molecule has 58 valence electrons. The summed E-state index contributed by atoms with van der Waals surface area (Å²) in [7, 11) is 0. The maximum Gasteiger partial charge on any atom is 0.219 e. The Morgan fingerprint density at radius 3 is 2.70 bits per heavy atom. The lowest BCUT2D eigenvalue weighted by molar-refractivity contribution is -0.136. The minimum atomic E-state index is 0.240. The van der Waals surface area contributed by atoms with E-state index in [0.717, 1.165) is 6.54 Å². The summed E-state index contributed by atoms with van der Waals surface area (Å²) >= 11 is 0. The lowest BCUT2D eigenvalue weighted by atomic mass is 9.98. The van der Waals surface area contributed by atoms with Crippen LogP contribution in [0.2, 0.25) is 0 Å². The lowest BCUT2D eigenvalue weighted by Crippen LogP contribution is -2.49. The van der Waals surface area contributed by atoms with E-state index in [2.05, 4.69) is 6.92 Å². The van der Waals surface area contributed by atoms with Crippen molar-refractivity contribution in [2.45, 2.75) is 39.2 Å². The molecule has 1 aliphatic heterocycles. The van der Waals surface area contributed by atoms with Crippen molar-refractivity contribution in [2.24, 2.45) is 0 Å². The van der Waals surface area contributed by atoms with Crippen LogP contribution in [0.5, 0.6) is 0 Å². The minimum Gasteiger partial charge on any atom is -0.340 e. The summed E-state index contributed by atoms with van der Waals surface area (Å²) in [6, 6.07) is 0.572. The maximum absolute atomic E-state index is 10.8. The second kappa shape index (κ2) is 3.04. The molecular formula is C8H15NO. The molecule has 0 bridgehead atoms. The Kier molecular flexibility index (Phi) is 2.30. The van der Waals surface area contributed by atoms with E-state index in [1.165, 1.54) is 19.3 Å². The first-order chi connectivity index (χ1) is 4.75. The average molecular weight is 141 g/mol. The van der Waals surface area contributed by atoms with Crippen molar-refractivity contribution in [1.29, 1.82) is 0 Å². The number of rotatable bonds is 2. The van der Waals surface area contributed by atoms with Gasteiger partial charge in [-0.3, -0.25) is 4.79 Å². The van der Waals surface area contributed by atoms with Crippen LogP contribution in [0.4, 0.5) is 0 Å². The molecule has 2 nitrogen and oxygen atoms in total. The highest BCUT2D eigenvalue weighted by atomic mass is 16.2. The third kappa shape index (κ3) is 1.31. The van der Waals surface area contributed by atoms with Crippen LogP contribution in [-0.4, -0.2) is 23.4 Å². The van der Waals surface area contributed by atoms with E-state index >= 15 is 0 Å². The van der Waals surface area contributed by atoms with Crippen molar-refractivity contribution in [1.82, 2.24) is 4.90 Å². The molecule has 1 saturated heterocycles. The average Bonchev–Trinajstić information content (AvgIpc) is 1.78. The van der Waals surface area contributed by atoms with Crippen molar-refractivity contribution in [3.63, 3.8) is 0 Å². The minimum absolute atomic E-state index is 0.240. The number of amides is 1. The molecule has 0 aliphatic carbocycles. The molecule has 1 atom stereocenters. The van der Waals surface area contributed by atoms with Crippen molar-refractivity contribution >= 4 is 5.91 Å². The molecule has 1 unspecified atom stereocenters. The predicted octanol–water partition coefficient (Wildman–Crippen LogP) is 1.41. The van der Waals surface area contributed by atoms with E-state index in [0.29, 0.717) is 6.04 Å². The fourth-order valence-electron chi connectivity index (χ4n) is 1.49. The lowest BCUT2D eigenvalue weighted by Gasteiger charge is -2.40. The molecule has 0 radical (unpaired) electrons. The number of carbonyl (C=O) groups is 1. The summed E-state index contributed by atoms with van der Waals surface area (Å²) in [6.07, 6.45) is 3.58. The summed E-state index contributed by atoms with van der Waals surface area (Å²) in [5.74, 6) is 0.240. The highest BCUT2D eigenvalue weighted by molar-refractivity contribution is 5.74. The van der Waals surface area contributed by atoms with Gasteiger partial charge in [-0.2, -0.15) is 0 Å². The van der Waals surface area contributed by atoms with Gasteiger partial charge in [0, 0.05) is 19.5 Å². The van der Waals surface area contributed by atoms with Crippen LogP contribution in [0, 0.1) is 0 Å². The van der Waals surface area contributed by atoms with Crippen molar-refractivity contribution < 1.29 is 4.79 Å². The van der Waals surface area contributed by atoms with E-state index < -0.39 is 0 Å². The summed E-state index contributed by atoms with van der Waals surface area (Å²) in [5.41, 5.74) is 0. The van der Waals surface area contributed by atoms with Crippen molar-refractivity contribution in [3.05, 3.63) is 0 Å². The standard InChI is InChI=1S/C8H15NO/c1-3-4-8-5-6-9(8)7(2)10/h8H,3-6H2,1-2H3. The van der Waals surface area contributed by atoms with E-state index in [1.807, 2.05) is 4.90 Å². The molecule has 0 aromatic heterocycles. The second-order valence-corrected chi connectivity index (χ2v) is 2.94. The molecule has 0 saturated carbocycles. The molecule has 0 aromatic rings. The van der Waals surface area contributed by atoms with Gasteiger partial charge in [-0.15, -0.1) is 0 Å². The van der Waals surface area contributed by atoms with Gasteiger partial charge >= 0.3 is 0 Å². The smallest absolute Gasteiger partial charge is 0.219 e. The predicted molar refractivity (Wildman–Crippen MR) is 40.7 cm³/mol. The summed E-state index contributed by atoms with van der Waals surface area (Å²) in [5, 5.41) is 0. The largest absolute Gasteiger partial charge is 0.340 e. The SMILES string of the molecule is CCCC1CCN1C(C)=O. The topological polar surface area (TPSA) is 20.3 Å². The fraction of sp³-hybridized carbons (Fsp3) is 0.875. The third-order valence-corrected chi connectivity index (χ3v) is 2.17. The van der Waals surface area contributed by atoms with Crippen LogP contribution in [0.25, 0.3) is 0 Å². The number of nitrogens with zero attached hydrogens (tertiary/aromatic N) is 1. The van der Waals surface area contributed by atoms with Crippen LogP contribution in [0.1, 0.15) is 33.1 Å². The molecule has 1 rings (SSSR count). The number of hydrogen-bond donors (Lipinski definition) is 0. The Bertz CT molecular complexity index is 133.